The molecule has 3 aromatic rings. The topological polar surface area (TPSA) is 77.2 Å². The number of fused-ring (bicyclic) bond motifs is 1. The van der Waals surface area contributed by atoms with Crippen molar-refractivity contribution in [2.24, 2.45) is 5.73 Å². The molecule has 0 fully saturated rings. The van der Waals surface area contributed by atoms with Gasteiger partial charge in [0.05, 0.1) is 11.8 Å². The van der Waals surface area contributed by atoms with Crippen LogP contribution in [0.2, 0.25) is 0 Å². The van der Waals surface area contributed by atoms with Gasteiger partial charge in [0, 0.05) is 12.1 Å². The number of hydrogen-bond acceptors (Lipinski definition) is 5. The number of carbonyl (C=O) groups is 1. The number of benzene rings is 2. The zero-order valence-electron chi connectivity index (χ0n) is 12.0. The van der Waals surface area contributed by atoms with Gasteiger partial charge in [-0.05, 0) is 29.8 Å². The number of para-hydroxylation sites is 1. The number of amides is 1. The lowest BCUT2D eigenvalue weighted by Crippen LogP contribution is -2.12. The molecule has 1 aromatic heterocycles. The van der Waals surface area contributed by atoms with Gasteiger partial charge in [-0.3, -0.25) is 10.1 Å². The van der Waals surface area contributed by atoms with E-state index in [0.29, 0.717) is 23.0 Å². The Hall–Kier alpha value is -2.44. The second-order valence-corrected chi connectivity index (χ2v) is 5.72. The van der Waals surface area contributed by atoms with Crippen LogP contribution in [0.25, 0.3) is 10.2 Å². The highest BCUT2D eigenvalue weighted by Crippen LogP contribution is 2.32. The van der Waals surface area contributed by atoms with Gasteiger partial charge >= 0.3 is 0 Å². The van der Waals surface area contributed by atoms with E-state index in [2.05, 4.69) is 10.3 Å². The third-order valence-corrected chi connectivity index (χ3v) is 4.18. The second-order valence-electron chi connectivity index (χ2n) is 4.68. The van der Waals surface area contributed by atoms with Crippen LogP contribution in [0.4, 0.5) is 5.13 Å². The molecule has 6 heteroatoms. The molecule has 0 radical (unpaired) electrons. The van der Waals surface area contributed by atoms with E-state index in [1.807, 2.05) is 30.3 Å². The highest BCUT2D eigenvalue weighted by Gasteiger charge is 2.12. The van der Waals surface area contributed by atoms with Crippen LogP contribution < -0.4 is 15.8 Å². The number of hydrogen-bond donors (Lipinski definition) is 2. The normalized spacial score (nSPS) is 10.6. The van der Waals surface area contributed by atoms with Crippen molar-refractivity contribution in [2.45, 2.75) is 6.54 Å². The van der Waals surface area contributed by atoms with E-state index in [-0.39, 0.29) is 5.91 Å². The Kier molecular flexibility index (Phi) is 4.04. The average Bonchev–Trinajstić information content (AvgIpc) is 2.97. The third-order valence-electron chi connectivity index (χ3n) is 3.25. The molecule has 1 heterocycles. The van der Waals surface area contributed by atoms with E-state index in [9.17, 15) is 4.79 Å². The summed E-state index contributed by atoms with van der Waals surface area (Å²) in [5, 5.41) is 3.37. The lowest BCUT2D eigenvalue weighted by Gasteiger charge is -2.03. The summed E-state index contributed by atoms with van der Waals surface area (Å²) in [5.41, 5.74) is 7.83. The number of anilines is 1. The summed E-state index contributed by atoms with van der Waals surface area (Å²) in [6.45, 7) is 0.402. The first-order valence-corrected chi connectivity index (χ1v) is 7.57. The fourth-order valence-electron chi connectivity index (χ4n) is 2.15. The summed E-state index contributed by atoms with van der Waals surface area (Å²) < 4.78 is 6.24. The molecule has 0 saturated heterocycles. The lowest BCUT2D eigenvalue weighted by atomic mass is 10.1. The molecule has 0 aliphatic rings. The van der Waals surface area contributed by atoms with Gasteiger partial charge in [0.1, 0.15) is 11.3 Å². The van der Waals surface area contributed by atoms with E-state index in [4.69, 9.17) is 10.5 Å². The molecule has 5 nitrogen and oxygen atoms in total. The van der Waals surface area contributed by atoms with E-state index in [0.717, 1.165) is 15.8 Å². The Morgan fingerprint density at radius 2 is 2.14 bits per heavy atom. The SMILES string of the molecule is COc1cccc2sc(NC(=O)c3cccc(CN)c3)nc12. The molecule has 3 N–H and O–H groups in total. The van der Waals surface area contributed by atoms with Crippen molar-refractivity contribution in [3.8, 4) is 5.75 Å². The highest BCUT2D eigenvalue weighted by atomic mass is 32.1. The maximum absolute atomic E-state index is 12.3. The van der Waals surface area contributed by atoms with Crippen LogP contribution in [0.15, 0.2) is 42.5 Å². The molecule has 22 heavy (non-hydrogen) atoms. The molecule has 0 spiro atoms. The van der Waals surface area contributed by atoms with Crippen molar-refractivity contribution in [2.75, 3.05) is 12.4 Å². The largest absolute Gasteiger partial charge is 0.494 e. The standard InChI is InChI=1S/C16H15N3O2S/c1-21-12-6-3-7-13-14(12)18-16(22-13)19-15(20)11-5-2-4-10(8-11)9-17/h2-8H,9,17H2,1H3,(H,18,19,20). The molecule has 0 unspecified atom stereocenters. The van der Waals surface area contributed by atoms with Gasteiger partial charge in [-0.25, -0.2) is 4.98 Å². The number of aromatic nitrogens is 1. The van der Waals surface area contributed by atoms with Crippen molar-refractivity contribution in [1.29, 1.82) is 0 Å². The van der Waals surface area contributed by atoms with Gasteiger partial charge < -0.3 is 10.5 Å². The number of nitrogens with zero attached hydrogens (tertiary/aromatic N) is 1. The monoisotopic (exact) mass is 313 g/mol. The summed E-state index contributed by atoms with van der Waals surface area (Å²) in [6, 6.07) is 12.9. The molecule has 1 amide bonds. The van der Waals surface area contributed by atoms with E-state index in [1.54, 1.807) is 19.2 Å². The molecule has 0 bridgehead atoms. The smallest absolute Gasteiger partial charge is 0.257 e. The van der Waals surface area contributed by atoms with Crippen LogP contribution in [-0.2, 0) is 6.54 Å². The first-order chi connectivity index (χ1) is 10.7. The van der Waals surface area contributed by atoms with Crippen molar-refractivity contribution in [1.82, 2.24) is 4.98 Å². The Labute approximate surface area is 131 Å². The van der Waals surface area contributed by atoms with Gasteiger partial charge in [0.25, 0.3) is 5.91 Å². The van der Waals surface area contributed by atoms with Gasteiger partial charge in [0.15, 0.2) is 5.13 Å². The second kappa shape index (κ2) is 6.13. The van der Waals surface area contributed by atoms with Crippen LogP contribution in [0, 0.1) is 0 Å². The van der Waals surface area contributed by atoms with Crippen LogP contribution in [0.3, 0.4) is 0 Å². The molecular weight excluding hydrogens is 298 g/mol. The van der Waals surface area contributed by atoms with Gasteiger partial charge in [-0.1, -0.05) is 29.5 Å². The van der Waals surface area contributed by atoms with Crippen LogP contribution in [0.1, 0.15) is 15.9 Å². The van der Waals surface area contributed by atoms with E-state index >= 15 is 0 Å². The number of nitrogens with two attached hydrogens (primary N) is 1. The van der Waals surface area contributed by atoms with E-state index in [1.165, 1.54) is 11.3 Å². The van der Waals surface area contributed by atoms with E-state index < -0.39 is 0 Å². The fraction of sp³-hybridized carbons (Fsp3) is 0.125. The molecule has 0 aliphatic heterocycles. The summed E-state index contributed by atoms with van der Waals surface area (Å²) >= 11 is 1.41. The van der Waals surface area contributed by atoms with Crippen molar-refractivity contribution in [3.63, 3.8) is 0 Å². The number of thiazole rings is 1. The highest BCUT2D eigenvalue weighted by molar-refractivity contribution is 7.22. The van der Waals surface area contributed by atoms with Gasteiger partial charge in [-0.2, -0.15) is 0 Å². The zero-order valence-corrected chi connectivity index (χ0v) is 12.8. The molecule has 0 saturated carbocycles. The molecular formula is C16H15N3O2S. The quantitative estimate of drug-likeness (QED) is 0.776. The summed E-state index contributed by atoms with van der Waals surface area (Å²) in [6.07, 6.45) is 0. The first kappa shape index (κ1) is 14.5. The summed E-state index contributed by atoms with van der Waals surface area (Å²) in [5.74, 6) is 0.493. The summed E-state index contributed by atoms with van der Waals surface area (Å²) in [4.78, 5) is 16.7. The maximum Gasteiger partial charge on any atom is 0.257 e. The molecule has 0 atom stereocenters. The molecule has 2 aromatic carbocycles. The fourth-order valence-corrected chi connectivity index (χ4v) is 3.03. The predicted molar refractivity (Wildman–Crippen MR) is 88.5 cm³/mol. The molecule has 0 aliphatic carbocycles. The predicted octanol–water partition coefficient (Wildman–Crippen LogP) is 3.02. The molecule has 112 valence electrons. The van der Waals surface area contributed by atoms with Crippen molar-refractivity contribution in [3.05, 3.63) is 53.6 Å². The average molecular weight is 313 g/mol. The minimum absolute atomic E-state index is 0.201. The van der Waals surface area contributed by atoms with Gasteiger partial charge in [0.2, 0.25) is 0 Å². The third kappa shape index (κ3) is 2.79. The first-order valence-electron chi connectivity index (χ1n) is 6.75. The Morgan fingerprint density at radius 1 is 1.32 bits per heavy atom. The number of nitrogens with one attached hydrogen (secondary N) is 1. The number of carbonyl (C=O) groups excluding carboxylic acids is 1. The summed E-state index contributed by atoms with van der Waals surface area (Å²) in [7, 11) is 1.60. The Bertz CT molecular complexity index is 829. The number of methoxy groups -OCH3 is 1. The number of ether oxygens (including phenoxy) is 1. The Balaban J connectivity index is 1.87. The molecule has 3 rings (SSSR count). The van der Waals surface area contributed by atoms with Crippen LogP contribution in [-0.4, -0.2) is 18.0 Å². The number of rotatable bonds is 4. The van der Waals surface area contributed by atoms with Crippen molar-refractivity contribution >= 4 is 32.6 Å². The zero-order chi connectivity index (χ0) is 15.5. The Morgan fingerprint density at radius 3 is 2.91 bits per heavy atom. The van der Waals surface area contributed by atoms with Crippen LogP contribution >= 0.6 is 11.3 Å². The minimum Gasteiger partial charge on any atom is -0.494 e. The minimum atomic E-state index is -0.201. The van der Waals surface area contributed by atoms with Crippen molar-refractivity contribution < 1.29 is 9.53 Å². The maximum atomic E-state index is 12.3. The lowest BCUT2D eigenvalue weighted by molar-refractivity contribution is 0.102. The van der Waals surface area contributed by atoms with Crippen LogP contribution in [0.5, 0.6) is 5.75 Å². The van der Waals surface area contributed by atoms with Gasteiger partial charge in [-0.15, -0.1) is 0 Å².